The van der Waals surface area contributed by atoms with Crippen molar-refractivity contribution in [3.05, 3.63) is 34.4 Å². The molecule has 0 unspecified atom stereocenters. The van der Waals surface area contributed by atoms with E-state index in [1.807, 2.05) is 26.0 Å². The first-order valence-corrected chi connectivity index (χ1v) is 9.12. The van der Waals surface area contributed by atoms with Gasteiger partial charge in [0.1, 0.15) is 42.6 Å². The summed E-state index contributed by atoms with van der Waals surface area (Å²) in [6.45, 7) is 8.11. The second kappa shape index (κ2) is 5.87. The summed E-state index contributed by atoms with van der Waals surface area (Å²) in [6.07, 6.45) is 0. The van der Waals surface area contributed by atoms with Crippen LogP contribution < -0.4 is 9.80 Å². The van der Waals surface area contributed by atoms with Gasteiger partial charge in [-0.1, -0.05) is 11.3 Å². The largest absolute Gasteiger partial charge is 0.492 e. The summed E-state index contributed by atoms with van der Waals surface area (Å²) in [4.78, 5) is 8.99. The summed E-state index contributed by atoms with van der Waals surface area (Å²) in [5, 5.41) is 15.0. The number of thiazole rings is 1. The smallest absolute Gasteiger partial charge is 0.235 e. The van der Waals surface area contributed by atoms with Gasteiger partial charge in [0.05, 0.1) is 7.05 Å². The standard InChI is InChI=1S/C16H21N5O2S/c1-10-4-5-12(23-10)13(20-8-6-19(3)7-9-20)14-15(22)21-16(24-14)17-11(2)18-21/h4-5,13,22H,6-9H2,1-3H3/p+2/t13-/m0/s1. The van der Waals surface area contributed by atoms with E-state index in [4.69, 9.17) is 4.42 Å². The van der Waals surface area contributed by atoms with Gasteiger partial charge in [-0.05, 0) is 26.0 Å². The van der Waals surface area contributed by atoms with Gasteiger partial charge in [-0.2, -0.15) is 4.52 Å². The normalized spacial score (nSPS) is 23.0. The van der Waals surface area contributed by atoms with E-state index in [-0.39, 0.29) is 11.9 Å². The van der Waals surface area contributed by atoms with Crippen molar-refractivity contribution in [2.75, 3.05) is 33.2 Å². The molecule has 1 saturated heterocycles. The van der Waals surface area contributed by atoms with Crippen LogP contribution in [0.5, 0.6) is 5.88 Å². The van der Waals surface area contributed by atoms with E-state index in [0.717, 1.165) is 47.5 Å². The van der Waals surface area contributed by atoms with Crippen molar-refractivity contribution < 1.29 is 19.3 Å². The average molecular weight is 349 g/mol. The predicted octanol–water partition coefficient (Wildman–Crippen LogP) is -0.791. The van der Waals surface area contributed by atoms with Crippen molar-refractivity contribution in [1.29, 1.82) is 0 Å². The lowest BCUT2D eigenvalue weighted by atomic mass is 10.1. The van der Waals surface area contributed by atoms with Gasteiger partial charge in [0, 0.05) is 0 Å². The molecular formula is C16H23N5O2S+2. The Morgan fingerprint density at radius 2 is 2.00 bits per heavy atom. The third-order valence-corrected chi connectivity index (χ3v) is 5.85. The van der Waals surface area contributed by atoms with E-state index in [9.17, 15) is 5.11 Å². The number of fused-ring (bicyclic) bond motifs is 1. The molecule has 1 fully saturated rings. The van der Waals surface area contributed by atoms with Gasteiger partial charge in [-0.3, -0.25) is 0 Å². The van der Waals surface area contributed by atoms with E-state index >= 15 is 0 Å². The highest BCUT2D eigenvalue weighted by molar-refractivity contribution is 7.17. The highest BCUT2D eigenvalue weighted by atomic mass is 32.1. The number of nitrogens with one attached hydrogen (secondary N) is 2. The molecule has 4 rings (SSSR count). The van der Waals surface area contributed by atoms with Crippen molar-refractivity contribution in [2.24, 2.45) is 0 Å². The summed E-state index contributed by atoms with van der Waals surface area (Å²) in [7, 11) is 2.23. The topological polar surface area (TPSA) is 72.4 Å². The molecule has 0 radical (unpaired) electrons. The fraction of sp³-hybridized carbons (Fsp3) is 0.500. The summed E-state index contributed by atoms with van der Waals surface area (Å²) >= 11 is 1.50. The van der Waals surface area contributed by atoms with Crippen LogP contribution in [0.1, 0.15) is 28.3 Å². The van der Waals surface area contributed by atoms with Gasteiger partial charge in [-0.15, -0.1) is 5.10 Å². The number of aromatic nitrogens is 3. The predicted molar refractivity (Wildman–Crippen MR) is 89.9 cm³/mol. The van der Waals surface area contributed by atoms with E-state index in [2.05, 4.69) is 17.1 Å². The Labute approximate surface area is 144 Å². The molecule has 3 aromatic heterocycles. The first-order valence-electron chi connectivity index (χ1n) is 8.30. The van der Waals surface area contributed by atoms with Gasteiger partial charge >= 0.3 is 0 Å². The number of quaternary nitrogens is 2. The number of hydrogen-bond acceptors (Lipinski definition) is 5. The summed E-state index contributed by atoms with van der Waals surface area (Å²) in [5.74, 6) is 2.65. The van der Waals surface area contributed by atoms with Gasteiger partial charge in [0.2, 0.25) is 10.8 Å². The zero-order valence-electron chi connectivity index (χ0n) is 14.2. The molecular weight excluding hydrogens is 326 g/mol. The fourth-order valence-corrected chi connectivity index (χ4v) is 4.61. The molecule has 0 amide bonds. The van der Waals surface area contributed by atoms with Gasteiger partial charge in [-0.25, -0.2) is 4.98 Å². The second-order valence-electron chi connectivity index (χ2n) is 6.64. The Morgan fingerprint density at radius 1 is 1.25 bits per heavy atom. The number of aryl methyl sites for hydroxylation is 2. The molecule has 3 N–H and O–H groups in total. The first kappa shape index (κ1) is 15.6. The number of aromatic hydroxyl groups is 1. The van der Waals surface area contributed by atoms with Crippen LogP contribution in [0.25, 0.3) is 4.96 Å². The quantitative estimate of drug-likeness (QED) is 0.579. The lowest BCUT2D eigenvalue weighted by molar-refractivity contribution is -1.02. The minimum atomic E-state index is -0.0133. The van der Waals surface area contributed by atoms with Crippen LogP contribution in [0.3, 0.4) is 0 Å². The molecule has 8 heteroatoms. The highest BCUT2D eigenvalue weighted by Crippen LogP contribution is 2.35. The number of piperazine rings is 1. The molecule has 24 heavy (non-hydrogen) atoms. The second-order valence-corrected chi connectivity index (χ2v) is 7.65. The zero-order valence-corrected chi connectivity index (χ0v) is 15.0. The van der Waals surface area contributed by atoms with Crippen LogP contribution in [-0.2, 0) is 0 Å². The maximum Gasteiger partial charge on any atom is 0.235 e. The van der Waals surface area contributed by atoms with Crippen LogP contribution in [0.4, 0.5) is 0 Å². The Morgan fingerprint density at radius 3 is 2.62 bits per heavy atom. The number of furan rings is 1. The molecule has 1 aliphatic rings. The van der Waals surface area contributed by atoms with Crippen LogP contribution >= 0.6 is 11.3 Å². The Bertz CT molecular complexity index is 859. The minimum Gasteiger partial charge on any atom is -0.492 e. The third-order valence-electron chi connectivity index (χ3n) is 4.77. The van der Waals surface area contributed by atoms with E-state index < -0.39 is 0 Å². The fourth-order valence-electron chi connectivity index (χ4n) is 3.45. The molecule has 1 atom stereocenters. The third kappa shape index (κ3) is 2.60. The Hall–Kier alpha value is -1.90. The molecule has 0 aromatic carbocycles. The molecule has 1 aliphatic heterocycles. The number of rotatable bonds is 3. The van der Waals surface area contributed by atoms with Crippen LogP contribution in [0.15, 0.2) is 16.5 Å². The monoisotopic (exact) mass is 349 g/mol. The lowest BCUT2D eigenvalue weighted by Gasteiger charge is -2.31. The van der Waals surface area contributed by atoms with Crippen molar-refractivity contribution in [3.63, 3.8) is 0 Å². The summed E-state index contributed by atoms with van der Waals surface area (Å²) in [5.41, 5.74) is 0. The molecule has 3 aromatic rings. The maximum atomic E-state index is 10.7. The van der Waals surface area contributed by atoms with Gasteiger partial charge in [0.15, 0.2) is 11.8 Å². The molecule has 4 heterocycles. The first-order chi connectivity index (χ1) is 11.5. The van der Waals surface area contributed by atoms with E-state index in [1.165, 1.54) is 16.2 Å². The van der Waals surface area contributed by atoms with E-state index in [0.29, 0.717) is 5.82 Å². The molecule has 0 saturated carbocycles. The minimum absolute atomic E-state index is 0.0133. The maximum absolute atomic E-state index is 10.7. The van der Waals surface area contributed by atoms with E-state index in [1.54, 1.807) is 9.42 Å². The zero-order chi connectivity index (χ0) is 16.8. The molecule has 7 nitrogen and oxygen atoms in total. The Kier molecular flexibility index (Phi) is 3.82. The van der Waals surface area contributed by atoms with Gasteiger partial charge < -0.3 is 19.3 Å². The lowest BCUT2D eigenvalue weighted by Crippen LogP contribution is -3.27. The molecule has 0 bridgehead atoms. The summed E-state index contributed by atoms with van der Waals surface area (Å²) < 4.78 is 7.49. The molecule has 0 spiro atoms. The van der Waals surface area contributed by atoms with Gasteiger partial charge in [0.25, 0.3) is 0 Å². The average Bonchev–Trinajstić information content (AvgIpc) is 3.20. The number of nitrogens with zero attached hydrogens (tertiary/aromatic N) is 3. The SMILES string of the molecule is Cc1nc2sc([C@H](c3ccc(C)o3)[NH+]3CC[NH+](C)CC3)c(O)n2n1. The molecule has 128 valence electrons. The van der Waals surface area contributed by atoms with Crippen LogP contribution in [0, 0.1) is 13.8 Å². The van der Waals surface area contributed by atoms with Crippen molar-refractivity contribution in [3.8, 4) is 5.88 Å². The molecule has 0 aliphatic carbocycles. The van der Waals surface area contributed by atoms with Crippen molar-refractivity contribution >= 4 is 16.3 Å². The van der Waals surface area contributed by atoms with Crippen molar-refractivity contribution in [2.45, 2.75) is 19.9 Å². The number of hydrogen-bond donors (Lipinski definition) is 3. The highest BCUT2D eigenvalue weighted by Gasteiger charge is 2.37. The summed E-state index contributed by atoms with van der Waals surface area (Å²) in [6, 6.07) is 4.00. The van der Waals surface area contributed by atoms with Crippen LogP contribution in [0.2, 0.25) is 0 Å². The Balaban J connectivity index is 1.78. The van der Waals surface area contributed by atoms with Crippen LogP contribution in [-0.4, -0.2) is 52.9 Å². The van der Waals surface area contributed by atoms with Crippen molar-refractivity contribution in [1.82, 2.24) is 14.6 Å². The number of likely N-dealkylation sites (N-methyl/N-ethyl adjacent to an activating group) is 1.